The second-order valence-electron chi connectivity index (χ2n) is 11.1. The van der Waals surface area contributed by atoms with Crippen molar-refractivity contribution in [2.75, 3.05) is 5.75 Å². The van der Waals surface area contributed by atoms with Crippen molar-refractivity contribution in [1.82, 2.24) is 4.57 Å². The number of fused-ring (bicyclic) bond motifs is 3. The van der Waals surface area contributed by atoms with E-state index in [-0.39, 0.29) is 0 Å². The Bertz CT molecular complexity index is 1820. The maximum Gasteiger partial charge on any atom is 0.294 e. The second-order valence-corrected chi connectivity index (χ2v) is 11.7. The monoisotopic (exact) mass is 565 g/mol. The van der Waals surface area contributed by atoms with E-state index in [0.717, 1.165) is 51.2 Å². The quantitative estimate of drug-likeness (QED) is 0.163. The van der Waals surface area contributed by atoms with Gasteiger partial charge in [-0.1, -0.05) is 73.7 Å². The predicted octanol–water partition coefficient (Wildman–Crippen LogP) is 9.22. The molecule has 0 saturated heterocycles. The molecule has 0 spiro atoms. The number of imidazole rings is 1. The first-order valence-electron chi connectivity index (χ1n) is 14.1. The predicted molar refractivity (Wildman–Crippen MR) is 172 cm³/mol. The average Bonchev–Trinajstić information content (AvgIpc) is 3.49. The Kier molecular flexibility index (Phi) is 8.10. The van der Waals surface area contributed by atoms with Gasteiger partial charge in [-0.2, -0.15) is 17.2 Å². The number of halogens is 1. The van der Waals surface area contributed by atoms with E-state index in [4.69, 9.17) is 4.42 Å². The number of thiol groups is 1. The fraction of sp³-hybridized carbons (Fsp3) is 0.250. The van der Waals surface area contributed by atoms with Gasteiger partial charge < -0.3 is 4.42 Å². The number of benzene rings is 4. The van der Waals surface area contributed by atoms with Crippen LogP contribution < -0.4 is 4.57 Å². The van der Waals surface area contributed by atoms with Crippen LogP contribution in [0, 0.1) is 13.8 Å². The third-order valence-corrected chi connectivity index (χ3v) is 7.48. The summed E-state index contributed by atoms with van der Waals surface area (Å²) in [5, 5.41) is 2.30. The highest BCUT2D eigenvalue weighted by atomic mass is 32.1. The lowest BCUT2D eigenvalue weighted by Crippen LogP contribution is -2.30. The molecule has 0 aliphatic rings. The number of nitrogens with zero attached hydrogens (tertiary/aromatic N) is 2. The lowest BCUT2D eigenvalue weighted by atomic mass is 9.93. The standard InChI is InChI=1S/C34H32FN2O.C2H6S/c1-22-19-24(21-25-11-10-14-27-26-12-7-9-16-30(26)38-32(25)27)20-23(2)31(22)37-18-17-36(5)33(37)28-13-6-8-15-29(28)34(3,4)35;1-2-3/h6-20H,21H2,1-5H3;3H,2H2,1H3/q+1;. The van der Waals surface area contributed by atoms with E-state index in [2.05, 4.69) is 84.3 Å². The summed E-state index contributed by atoms with van der Waals surface area (Å²) in [5.74, 6) is 1.90. The smallest absolute Gasteiger partial charge is 0.294 e. The molecule has 0 fully saturated rings. The van der Waals surface area contributed by atoms with E-state index in [1.165, 1.54) is 22.3 Å². The van der Waals surface area contributed by atoms with Gasteiger partial charge in [-0.15, -0.1) is 0 Å². The molecule has 5 heteroatoms. The van der Waals surface area contributed by atoms with Crippen molar-refractivity contribution in [3.63, 3.8) is 0 Å². The Morgan fingerprint density at radius 1 is 0.902 bits per heavy atom. The van der Waals surface area contributed by atoms with Crippen LogP contribution in [0.2, 0.25) is 0 Å². The summed E-state index contributed by atoms with van der Waals surface area (Å²) < 4.78 is 25.8. The van der Waals surface area contributed by atoms with Crippen molar-refractivity contribution in [2.24, 2.45) is 7.05 Å². The normalized spacial score (nSPS) is 11.6. The van der Waals surface area contributed by atoms with Gasteiger partial charge >= 0.3 is 0 Å². The van der Waals surface area contributed by atoms with Crippen LogP contribution in [-0.4, -0.2) is 10.3 Å². The molecule has 2 heterocycles. The number of aryl methyl sites for hydroxylation is 3. The molecule has 0 atom stereocenters. The summed E-state index contributed by atoms with van der Waals surface area (Å²) in [6.07, 6.45) is 4.89. The molecule has 0 saturated carbocycles. The van der Waals surface area contributed by atoms with Crippen LogP contribution in [0.25, 0.3) is 39.0 Å². The molecule has 6 rings (SSSR count). The Morgan fingerprint density at radius 3 is 2.24 bits per heavy atom. The van der Waals surface area contributed by atoms with Gasteiger partial charge in [0.1, 0.15) is 34.9 Å². The van der Waals surface area contributed by atoms with Crippen LogP contribution in [0.5, 0.6) is 0 Å². The Hall–Kier alpha value is -3.83. The summed E-state index contributed by atoms with van der Waals surface area (Å²) in [7, 11) is 2.01. The van der Waals surface area contributed by atoms with Crippen molar-refractivity contribution in [3.8, 4) is 17.1 Å². The molecular weight excluding hydrogens is 527 g/mol. The van der Waals surface area contributed by atoms with Crippen LogP contribution in [0.4, 0.5) is 4.39 Å². The van der Waals surface area contributed by atoms with Crippen molar-refractivity contribution >= 4 is 34.6 Å². The van der Waals surface area contributed by atoms with Crippen molar-refractivity contribution in [3.05, 3.63) is 119 Å². The number of alkyl halides is 1. The number of para-hydroxylation sites is 2. The molecule has 3 nitrogen and oxygen atoms in total. The number of hydrogen-bond acceptors (Lipinski definition) is 2. The Labute approximate surface area is 247 Å². The van der Waals surface area contributed by atoms with E-state index in [9.17, 15) is 0 Å². The van der Waals surface area contributed by atoms with Gasteiger partial charge in [-0.25, -0.2) is 8.96 Å². The molecule has 0 radical (unpaired) electrons. The molecule has 0 amide bonds. The van der Waals surface area contributed by atoms with E-state index >= 15 is 4.39 Å². The average molecular weight is 566 g/mol. The Morgan fingerprint density at radius 2 is 1.54 bits per heavy atom. The summed E-state index contributed by atoms with van der Waals surface area (Å²) in [6, 6.07) is 26.9. The molecule has 6 aromatic rings. The van der Waals surface area contributed by atoms with Gasteiger partial charge in [-0.3, -0.25) is 0 Å². The van der Waals surface area contributed by atoms with Crippen molar-refractivity contribution in [1.29, 1.82) is 0 Å². The fourth-order valence-corrected chi connectivity index (χ4v) is 5.87. The molecule has 0 aliphatic carbocycles. The number of furan rings is 1. The minimum Gasteiger partial charge on any atom is -0.456 e. The van der Waals surface area contributed by atoms with Gasteiger partial charge in [-0.05, 0) is 67.8 Å². The summed E-state index contributed by atoms with van der Waals surface area (Å²) in [5.41, 5.74) is 7.88. The minimum atomic E-state index is -1.45. The third-order valence-electron chi connectivity index (χ3n) is 7.48. The number of rotatable bonds is 5. The van der Waals surface area contributed by atoms with Crippen LogP contribution in [0.1, 0.15) is 48.6 Å². The molecule has 0 unspecified atom stereocenters. The molecule has 2 aromatic heterocycles. The Balaban J connectivity index is 0.00000108. The lowest BCUT2D eigenvalue weighted by molar-refractivity contribution is -0.659. The van der Waals surface area contributed by atoms with Gasteiger partial charge in [0.15, 0.2) is 0 Å². The van der Waals surface area contributed by atoms with Crippen LogP contribution in [0.15, 0.2) is 95.7 Å². The zero-order valence-electron chi connectivity index (χ0n) is 24.7. The summed E-state index contributed by atoms with van der Waals surface area (Å²) in [6.45, 7) is 9.54. The van der Waals surface area contributed by atoms with Crippen molar-refractivity contribution in [2.45, 2.75) is 46.7 Å². The van der Waals surface area contributed by atoms with Crippen LogP contribution in [-0.2, 0) is 19.1 Å². The zero-order chi connectivity index (χ0) is 29.3. The largest absolute Gasteiger partial charge is 0.456 e. The molecular formula is C36H38FN2OS+. The van der Waals surface area contributed by atoms with E-state index in [0.29, 0.717) is 5.56 Å². The number of hydrogen-bond donors (Lipinski definition) is 1. The summed E-state index contributed by atoms with van der Waals surface area (Å²) >= 11 is 3.79. The fourth-order valence-electron chi connectivity index (χ4n) is 5.87. The van der Waals surface area contributed by atoms with Crippen LogP contribution >= 0.6 is 12.6 Å². The van der Waals surface area contributed by atoms with E-state index in [1.807, 2.05) is 56.6 Å². The second kappa shape index (κ2) is 11.6. The third kappa shape index (κ3) is 5.56. The molecule has 210 valence electrons. The van der Waals surface area contributed by atoms with Gasteiger partial charge in [0, 0.05) is 22.8 Å². The summed E-state index contributed by atoms with van der Waals surface area (Å²) in [4.78, 5) is 0. The maximum atomic E-state index is 15.2. The van der Waals surface area contributed by atoms with Gasteiger partial charge in [0.25, 0.3) is 5.82 Å². The lowest BCUT2D eigenvalue weighted by Gasteiger charge is -2.18. The van der Waals surface area contributed by atoms with E-state index < -0.39 is 5.67 Å². The zero-order valence-corrected chi connectivity index (χ0v) is 25.6. The van der Waals surface area contributed by atoms with Gasteiger partial charge in [0.05, 0.1) is 12.6 Å². The topological polar surface area (TPSA) is 21.9 Å². The molecule has 4 aromatic carbocycles. The maximum absolute atomic E-state index is 15.2. The minimum absolute atomic E-state index is 0.682. The molecule has 41 heavy (non-hydrogen) atoms. The highest BCUT2D eigenvalue weighted by molar-refractivity contribution is 7.80. The first kappa shape index (κ1) is 28.7. The highest BCUT2D eigenvalue weighted by Crippen LogP contribution is 2.36. The SMILES string of the molecule is CCS.Cc1cc(Cc2cccc3c2oc2ccccc23)cc(C)c1-n1cc[n+](C)c1-c1ccccc1C(C)(C)F. The molecule has 0 bridgehead atoms. The van der Waals surface area contributed by atoms with Gasteiger partial charge in [0.2, 0.25) is 0 Å². The molecule has 0 N–H and O–H groups in total. The van der Waals surface area contributed by atoms with Crippen LogP contribution in [0.3, 0.4) is 0 Å². The first-order valence-corrected chi connectivity index (χ1v) is 14.7. The first-order chi connectivity index (χ1) is 19.6. The van der Waals surface area contributed by atoms with Crippen molar-refractivity contribution < 1.29 is 13.4 Å². The number of aromatic nitrogens is 2. The van der Waals surface area contributed by atoms with E-state index in [1.54, 1.807) is 13.8 Å². The highest BCUT2D eigenvalue weighted by Gasteiger charge is 2.30. The molecule has 0 aliphatic heterocycles.